The van der Waals surface area contributed by atoms with Gasteiger partial charge in [-0.15, -0.1) is 16.8 Å². The molecular weight excluding hydrogens is 392 g/mol. The van der Waals surface area contributed by atoms with Gasteiger partial charge in [-0.2, -0.15) is 5.10 Å². The first-order chi connectivity index (χ1) is 14.2. The monoisotopic (exact) mass is 412 g/mol. The largest absolute Gasteiger partial charge is 0.493 e. The lowest BCUT2D eigenvalue weighted by Gasteiger charge is -2.13. The zero-order valence-electron chi connectivity index (χ0n) is 16.0. The molecular formula is C21H21ClN4O3. The van der Waals surface area contributed by atoms with Crippen LogP contribution in [0.1, 0.15) is 11.1 Å². The Kier molecular flexibility index (Phi) is 7.24. The molecule has 150 valence electrons. The third-order valence-corrected chi connectivity index (χ3v) is 4.15. The summed E-state index contributed by atoms with van der Waals surface area (Å²) in [6, 6.07) is 11.1. The average Bonchev–Trinajstić information content (AvgIpc) is 3.25. The molecule has 1 heterocycles. The van der Waals surface area contributed by atoms with Gasteiger partial charge in [0.25, 0.3) is 0 Å². The molecule has 1 aromatic heterocycles. The molecule has 7 nitrogen and oxygen atoms in total. The molecule has 2 aromatic carbocycles. The van der Waals surface area contributed by atoms with Gasteiger partial charge in [0.15, 0.2) is 11.5 Å². The van der Waals surface area contributed by atoms with Crippen LogP contribution in [0.3, 0.4) is 0 Å². The van der Waals surface area contributed by atoms with Gasteiger partial charge in [0.05, 0.1) is 13.3 Å². The summed E-state index contributed by atoms with van der Waals surface area (Å²) in [5.74, 6) is 1.98. The molecule has 8 heteroatoms. The second kappa shape index (κ2) is 10.3. The molecule has 0 aliphatic rings. The highest BCUT2D eigenvalue weighted by atomic mass is 35.5. The predicted molar refractivity (Wildman–Crippen MR) is 112 cm³/mol. The highest BCUT2D eigenvalue weighted by molar-refractivity contribution is 6.30. The van der Waals surface area contributed by atoms with Crippen LogP contribution in [0.25, 0.3) is 0 Å². The van der Waals surface area contributed by atoms with Crippen molar-refractivity contribution in [3.8, 4) is 17.2 Å². The maximum Gasteiger partial charge on any atom is 0.161 e. The quantitative estimate of drug-likeness (QED) is 0.286. The smallest absolute Gasteiger partial charge is 0.161 e. The van der Waals surface area contributed by atoms with Crippen molar-refractivity contribution < 1.29 is 14.2 Å². The van der Waals surface area contributed by atoms with Gasteiger partial charge in [0.2, 0.25) is 0 Å². The Morgan fingerprint density at radius 2 is 1.76 bits per heavy atom. The number of hydrogen-bond acceptors (Lipinski definition) is 6. The normalized spacial score (nSPS) is 10.8. The minimum absolute atomic E-state index is 0.340. The standard InChI is InChI=1S/C21H21ClN4O3/c1-3-4-16-5-7-20(21(11-16)27-2)29-10-9-28-19-8-6-18(22)12-17(19)13-25-26-14-23-24-15-26/h3,5-8,11-15H,1,4,9-10H2,2H3. The molecule has 0 aliphatic heterocycles. The number of halogens is 1. The highest BCUT2D eigenvalue weighted by Crippen LogP contribution is 2.28. The summed E-state index contributed by atoms with van der Waals surface area (Å²) in [4.78, 5) is 0. The molecule has 29 heavy (non-hydrogen) atoms. The van der Waals surface area contributed by atoms with Crippen molar-refractivity contribution >= 4 is 17.8 Å². The summed E-state index contributed by atoms with van der Waals surface area (Å²) in [7, 11) is 1.62. The summed E-state index contributed by atoms with van der Waals surface area (Å²) < 4.78 is 18.5. The fourth-order valence-corrected chi connectivity index (χ4v) is 2.74. The number of allylic oxidation sites excluding steroid dienone is 1. The molecule has 0 amide bonds. The topological polar surface area (TPSA) is 70.8 Å². The minimum atomic E-state index is 0.340. The van der Waals surface area contributed by atoms with Gasteiger partial charge in [0, 0.05) is 10.6 Å². The summed E-state index contributed by atoms with van der Waals surface area (Å²) in [6.45, 7) is 4.44. The molecule has 0 radical (unpaired) electrons. The predicted octanol–water partition coefficient (Wildman–Crippen LogP) is 4.01. The summed E-state index contributed by atoms with van der Waals surface area (Å²) in [6.07, 6.45) is 7.23. The van der Waals surface area contributed by atoms with Crippen LogP contribution in [0.4, 0.5) is 0 Å². The van der Waals surface area contributed by atoms with E-state index in [0.717, 1.165) is 17.5 Å². The Balaban J connectivity index is 1.60. The van der Waals surface area contributed by atoms with Crippen LogP contribution in [0, 0.1) is 0 Å². The van der Waals surface area contributed by atoms with E-state index in [2.05, 4.69) is 21.9 Å². The number of methoxy groups -OCH3 is 1. The van der Waals surface area contributed by atoms with Gasteiger partial charge in [-0.3, -0.25) is 0 Å². The molecule has 0 bridgehead atoms. The maximum absolute atomic E-state index is 6.09. The number of aromatic nitrogens is 3. The summed E-state index contributed by atoms with van der Waals surface area (Å²) >= 11 is 6.09. The van der Waals surface area contributed by atoms with Gasteiger partial charge in [-0.05, 0) is 42.3 Å². The van der Waals surface area contributed by atoms with Crippen molar-refractivity contribution in [1.82, 2.24) is 14.9 Å². The van der Waals surface area contributed by atoms with Crippen LogP contribution >= 0.6 is 11.6 Å². The van der Waals surface area contributed by atoms with Crippen LogP contribution in [0.5, 0.6) is 17.2 Å². The Labute approximate surface area is 174 Å². The van der Waals surface area contributed by atoms with E-state index in [1.807, 2.05) is 24.3 Å². The first kappa shape index (κ1) is 20.4. The molecule has 0 spiro atoms. The van der Waals surface area contributed by atoms with E-state index in [-0.39, 0.29) is 0 Å². The summed E-state index contributed by atoms with van der Waals surface area (Å²) in [5.41, 5.74) is 1.84. The van der Waals surface area contributed by atoms with Crippen molar-refractivity contribution in [2.24, 2.45) is 5.10 Å². The lowest BCUT2D eigenvalue weighted by molar-refractivity contribution is 0.211. The van der Waals surface area contributed by atoms with Crippen molar-refractivity contribution in [2.75, 3.05) is 20.3 Å². The number of ether oxygens (including phenoxy) is 3. The third kappa shape index (κ3) is 5.83. The van der Waals surface area contributed by atoms with E-state index in [0.29, 0.717) is 35.5 Å². The Bertz CT molecular complexity index is 974. The SMILES string of the molecule is C=CCc1ccc(OCCOc2ccc(Cl)cc2C=Nn2cnnc2)c(OC)c1. The fraction of sp³-hybridized carbons (Fsp3) is 0.190. The first-order valence-electron chi connectivity index (χ1n) is 8.91. The molecule has 0 N–H and O–H groups in total. The summed E-state index contributed by atoms with van der Waals surface area (Å²) in [5, 5.41) is 12.2. The van der Waals surface area contributed by atoms with Gasteiger partial charge in [-0.1, -0.05) is 23.7 Å². The van der Waals surface area contributed by atoms with Gasteiger partial charge >= 0.3 is 0 Å². The van der Waals surface area contributed by atoms with E-state index in [9.17, 15) is 0 Å². The van der Waals surface area contributed by atoms with E-state index >= 15 is 0 Å². The van der Waals surface area contributed by atoms with Gasteiger partial charge in [-0.25, -0.2) is 4.68 Å². The van der Waals surface area contributed by atoms with Gasteiger partial charge < -0.3 is 14.2 Å². The van der Waals surface area contributed by atoms with Crippen LogP contribution in [-0.4, -0.2) is 41.4 Å². The molecule has 0 saturated heterocycles. The van der Waals surface area contributed by atoms with Crippen molar-refractivity contribution in [3.63, 3.8) is 0 Å². The second-order valence-electron chi connectivity index (χ2n) is 5.94. The molecule has 0 unspecified atom stereocenters. The first-order valence-corrected chi connectivity index (χ1v) is 9.29. The average molecular weight is 413 g/mol. The van der Waals surface area contributed by atoms with Crippen LogP contribution in [0.2, 0.25) is 5.02 Å². The molecule has 0 saturated carbocycles. The maximum atomic E-state index is 6.09. The zero-order valence-corrected chi connectivity index (χ0v) is 16.7. The highest BCUT2D eigenvalue weighted by Gasteiger charge is 2.07. The fourth-order valence-electron chi connectivity index (χ4n) is 2.56. The van der Waals surface area contributed by atoms with E-state index < -0.39 is 0 Å². The number of hydrogen-bond donors (Lipinski definition) is 0. The zero-order chi connectivity index (χ0) is 20.5. The molecule has 3 rings (SSSR count). The molecule has 0 aliphatic carbocycles. The lowest BCUT2D eigenvalue weighted by Crippen LogP contribution is -2.10. The number of nitrogens with zero attached hydrogens (tertiary/aromatic N) is 4. The van der Waals surface area contributed by atoms with Crippen molar-refractivity contribution in [2.45, 2.75) is 6.42 Å². The third-order valence-electron chi connectivity index (χ3n) is 3.92. The van der Waals surface area contributed by atoms with E-state index in [1.54, 1.807) is 31.5 Å². The lowest BCUT2D eigenvalue weighted by atomic mass is 10.1. The van der Waals surface area contributed by atoms with Crippen molar-refractivity contribution in [1.29, 1.82) is 0 Å². The molecule has 0 fully saturated rings. The Hall–Kier alpha value is -3.32. The molecule has 0 atom stereocenters. The van der Waals surface area contributed by atoms with Crippen LogP contribution in [-0.2, 0) is 6.42 Å². The van der Waals surface area contributed by atoms with E-state index in [4.69, 9.17) is 25.8 Å². The minimum Gasteiger partial charge on any atom is -0.493 e. The number of benzene rings is 2. The second-order valence-corrected chi connectivity index (χ2v) is 6.38. The number of rotatable bonds is 10. The van der Waals surface area contributed by atoms with Gasteiger partial charge in [0.1, 0.15) is 31.6 Å². The van der Waals surface area contributed by atoms with Crippen molar-refractivity contribution in [3.05, 3.63) is 77.9 Å². The van der Waals surface area contributed by atoms with E-state index in [1.165, 1.54) is 17.3 Å². The van der Waals surface area contributed by atoms with Crippen LogP contribution < -0.4 is 14.2 Å². The van der Waals surface area contributed by atoms with Crippen LogP contribution in [0.15, 0.2) is 66.8 Å². The Morgan fingerprint density at radius 1 is 1.03 bits per heavy atom. The Morgan fingerprint density at radius 3 is 2.48 bits per heavy atom. The molecule has 3 aromatic rings.